The Hall–Kier alpha value is -3.29. The lowest BCUT2D eigenvalue weighted by Gasteiger charge is -2.18. The van der Waals surface area contributed by atoms with E-state index in [1.54, 1.807) is 11.9 Å². The summed E-state index contributed by atoms with van der Waals surface area (Å²) in [7, 11) is 1.68. The second kappa shape index (κ2) is 9.47. The number of aromatic amines is 1. The van der Waals surface area contributed by atoms with Crippen molar-refractivity contribution in [3.63, 3.8) is 0 Å². The Morgan fingerprint density at radius 3 is 2.60 bits per heavy atom. The number of amides is 1. The van der Waals surface area contributed by atoms with E-state index in [0.717, 1.165) is 41.9 Å². The number of nitrogens with one attached hydrogen (secondary N) is 2. The lowest BCUT2D eigenvalue weighted by atomic mass is 10.1. The molecule has 0 aliphatic heterocycles. The van der Waals surface area contributed by atoms with Gasteiger partial charge in [0.2, 0.25) is 5.91 Å². The number of hydrogen-bond donors (Lipinski definition) is 2. The molecule has 0 spiro atoms. The molecule has 2 aromatic carbocycles. The molecule has 3 rings (SSSR count). The Morgan fingerprint density at radius 1 is 1.10 bits per heavy atom. The Bertz CT molecular complexity index is 970. The summed E-state index contributed by atoms with van der Waals surface area (Å²) in [5.74, 6) is -0.193. The van der Waals surface area contributed by atoms with E-state index in [0.29, 0.717) is 6.54 Å². The molecule has 1 aromatic heterocycles. The minimum absolute atomic E-state index is 0.0694. The number of carbonyl (C=O) groups excluding carboxylic acids is 1. The van der Waals surface area contributed by atoms with Crippen LogP contribution >= 0.6 is 0 Å². The number of benzene rings is 2. The van der Waals surface area contributed by atoms with Crippen LogP contribution in [0.1, 0.15) is 17.7 Å². The van der Waals surface area contributed by atoms with Crippen LogP contribution in [-0.4, -0.2) is 41.1 Å². The predicted molar refractivity (Wildman–Crippen MR) is 110 cm³/mol. The first-order valence-electron chi connectivity index (χ1n) is 9.58. The average Bonchev–Trinajstić information content (AvgIpc) is 3.21. The van der Waals surface area contributed by atoms with Crippen LogP contribution in [0.4, 0.5) is 18.9 Å². The van der Waals surface area contributed by atoms with E-state index in [9.17, 15) is 18.0 Å². The molecule has 158 valence electrons. The quantitative estimate of drug-likeness (QED) is 0.564. The molecule has 0 aliphatic carbocycles. The van der Waals surface area contributed by atoms with Crippen LogP contribution in [-0.2, 0) is 17.4 Å². The first-order chi connectivity index (χ1) is 14.3. The van der Waals surface area contributed by atoms with Gasteiger partial charge in [0, 0.05) is 30.5 Å². The Labute approximate surface area is 172 Å². The molecular formula is C22H23F3N4O. The predicted octanol–water partition coefficient (Wildman–Crippen LogP) is 4.60. The standard InChI is InChI=1S/C22H23F3N4O/c1-29(21(30)15-26-18-10-5-9-17(13-18)22(23,24)25)12-6-11-19-14-20(28-27-19)16-7-3-2-4-8-16/h2-5,7-10,13-14,26H,6,11-12,15H2,1H3,(H,27,28). The second-order valence-electron chi connectivity index (χ2n) is 7.00. The highest BCUT2D eigenvalue weighted by Crippen LogP contribution is 2.30. The topological polar surface area (TPSA) is 61.0 Å². The first-order valence-corrected chi connectivity index (χ1v) is 9.58. The lowest BCUT2D eigenvalue weighted by molar-refractivity contribution is -0.137. The summed E-state index contributed by atoms with van der Waals surface area (Å²) in [5, 5.41) is 10.1. The summed E-state index contributed by atoms with van der Waals surface area (Å²) in [6, 6.07) is 16.6. The molecular weight excluding hydrogens is 393 g/mol. The number of carbonyl (C=O) groups is 1. The van der Waals surface area contributed by atoms with Crippen molar-refractivity contribution in [1.29, 1.82) is 0 Å². The van der Waals surface area contributed by atoms with E-state index < -0.39 is 11.7 Å². The molecule has 0 radical (unpaired) electrons. The highest BCUT2D eigenvalue weighted by atomic mass is 19.4. The number of alkyl halides is 3. The van der Waals surface area contributed by atoms with Crippen LogP contribution in [0, 0.1) is 0 Å². The van der Waals surface area contributed by atoms with Gasteiger partial charge in [-0.3, -0.25) is 9.89 Å². The smallest absolute Gasteiger partial charge is 0.376 e. The number of anilines is 1. The van der Waals surface area contributed by atoms with Crippen LogP contribution < -0.4 is 5.32 Å². The van der Waals surface area contributed by atoms with Crippen molar-refractivity contribution in [2.75, 3.05) is 25.5 Å². The van der Waals surface area contributed by atoms with Gasteiger partial charge in [0.1, 0.15) is 0 Å². The molecule has 0 saturated heterocycles. The molecule has 0 unspecified atom stereocenters. The summed E-state index contributed by atoms with van der Waals surface area (Å²) >= 11 is 0. The van der Waals surface area contributed by atoms with Crippen molar-refractivity contribution in [3.05, 3.63) is 71.9 Å². The van der Waals surface area contributed by atoms with Gasteiger partial charge in [-0.1, -0.05) is 36.4 Å². The number of likely N-dealkylation sites (N-methyl/N-ethyl adjacent to an activating group) is 1. The zero-order valence-electron chi connectivity index (χ0n) is 16.5. The molecule has 0 saturated carbocycles. The Morgan fingerprint density at radius 2 is 1.87 bits per heavy atom. The van der Waals surface area contributed by atoms with Gasteiger partial charge >= 0.3 is 6.18 Å². The maximum absolute atomic E-state index is 12.8. The third-order valence-corrected chi connectivity index (χ3v) is 4.70. The van der Waals surface area contributed by atoms with E-state index in [1.165, 1.54) is 12.1 Å². The van der Waals surface area contributed by atoms with Gasteiger partial charge in [-0.15, -0.1) is 0 Å². The summed E-state index contributed by atoms with van der Waals surface area (Å²) in [6.45, 7) is 0.461. The Balaban J connectivity index is 1.44. The fourth-order valence-electron chi connectivity index (χ4n) is 3.00. The average molecular weight is 416 g/mol. The van der Waals surface area contributed by atoms with Crippen LogP contribution in [0.3, 0.4) is 0 Å². The lowest BCUT2D eigenvalue weighted by Crippen LogP contribution is -2.33. The molecule has 3 aromatic rings. The fourth-order valence-corrected chi connectivity index (χ4v) is 3.00. The minimum Gasteiger partial charge on any atom is -0.376 e. The fraction of sp³-hybridized carbons (Fsp3) is 0.273. The third-order valence-electron chi connectivity index (χ3n) is 4.70. The number of nitrogens with zero attached hydrogens (tertiary/aromatic N) is 2. The van der Waals surface area contributed by atoms with E-state index in [-0.39, 0.29) is 18.1 Å². The van der Waals surface area contributed by atoms with E-state index in [4.69, 9.17) is 0 Å². The summed E-state index contributed by atoms with van der Waals surface area (Å²) in [4.78, 5) is 13.8. The van der Waals surface area contributed by atoms with Crippen LogP contribution in [0.2, 0.25) is 0 Å². The molecule has 0 atom stereocenters. The number of hydrogen-bond acceptors (Lipinski definition) is 3. The first kappa shape index (κ1) is 21.4. The number of aryl methyl sites for hydroxylation is 1. The van der Waals surface area contributed by atoms with Crippen molar-refractivity contribution >= 4 is 11.6 Å². The maximum atomic E-state index is 12.8. The minimum atomic E-state index is -4.41. The normalized spacial score (nSPS) is 11.3. The summed E-state index contributed by atoms with van der Waals surface area (Å²) < 4.78 is 38.3. The molecule has 0 aliphatic rings. The number of rotatable bonds is 8. The summed E-state index contributed by atoms with van der Waals surface area (Å²) in [5.41, 5.74) is 2.41. The van der Waals surface area contributed by atoms with Gasteiger partial charge in [0.05, 0.1) is 17.8 Å². The molecule has 8 heteroatoms. The van der Waals surface area contributed by atoms with Crippen LogP contribution in [0.5, 0.6) is 0 Å². The van der Waals surface area contributed by atoms with E-state index >= 15 is 0 Å². The number of halogens is 3. The highest BCUT2D eigenvalue weighted by Gasteiger charge is 2.30. The van der Waals surface area contributed by atoms with E-state index in [1.807, 2.05) is 36.4 Å². The van der Waals surface area contributed by atoms with Crippen molar-refractivity contribution in [1.82, 2.24) is 15.1 Å². The number of aromatic nitrogens is 2. The van der Waals surface area contributed by atoms with Crippen molar-refractivity contribution in [3.8, 4) is 11.3 Å². The van der Waals surface area contributed by atoms with Gasteiger partial charge in [-0.05, 0) is 37.1 Å². The molecule has 2 N–H and O–H groups in total. The largest absolute Gasteiger partial charge is 0.416 e. The van der Waals surface area contributed by atoms with Crippen molar-refractivity contribution < 1.29 is 18.0 Å². The molecule has 1 amide bonds. The zero-order valence-corrected chi connectivity index (χ0v) is 16.5. The molecule has 5 nitrogen and oxygen atoms in total. The van der Waals surface area contributed by atoms with Gasteiger partial charge < -0.3 is 10.2 Å². The van der Waals surface area contributed by atoms with Gasteiger partial charge in [-0.2, -0.15) is 18.3 Å². The van der Waals surface area contributed by atoms with Crippen LogP contribution in [0.15, 0.2) is 60.7 Å². The maximum Gasteiger partial charge on any atom is 0.416 e. The molecule has 1 heterocycles. The third kappa shape index (κ3) is 5.85. The molecule has 0 fully saturated rings. The monoisotopic (exact) mass is 416 g/mol. The highest BCUT2D eigenvalue weighted by molar-refractivity contribution is 5.80. The second-order valence-corrected chi connectivity index (χ2v) is 7.00. The molecule has 0 bridgehead atoms. The summed E-state index contributed by atoms with van der Waals surface area (Å²) in [6.07, 6.45) is -2.94. The van der Waals surface area contributed by atoms with Crippen molar-refractivity contribution in [2.24, 2.45) is 0 Å². The van der Waals surface area contributed by atoms with Crippen molar-refractivity contribution in [2.45, 2.75) is 19.0 Å². The van der Waals surface area contributed by atoms with E-state index in [2.05, 4.69) is 15.5 Å². The number of H-pyrrole nitrogens is 1. The SMILES string of the molecule is CN(CCCc1cc(-c2ccccc2)n[nH]1)C(=O)CNc1cccc(C(F)(F)F)c1. The zero-order chi connectivity index (χ0) is 21.6. The van der Waals surface area contributed by atoms with Crippen LogP contribution in [0.25, 0.3) is 11.3 Å². The van der Waals surface area contributed by atoms with Gasteiger partial charge in [0.25, 0.3) is 0 Å². The van der Waals surface area contributed by atoms with Gasteiger partial charge in [-0.25, -0.2) is 0 Å². The van der Waals surface area contributed by atoms with Gasteiger partial charge in [0.15, 0.2) is 0 Å². The molecule has 30 heavy (non-hydrogen) atoms. The Kier molecular flexibility index (Phi) is 6.76.